The molecule has 0 saturated carbocycles. The van der Waals surface area contributed by atoms with Crippen molar-refractivity contribution >= 4 is 11.9 Å². The summed E-state index contributed by atoms with van der Waals surface area (Å²) in [6, 6.07) is 19.7. The molecule has 0 spiro atoms. The molecule has 3 aromatic rings. The van der Waals surface area contributed by atoms with Crippen molar-refractivity contribution in [3.8, 4) is 17.2 Å². The van der Waals surface area contributed by atoms with Crippen molar-refractivity contribution < 1.29 is 32.9 Å². The van der Waals surface area contributed by atoms with E-state index < -0.39 is 18.5 Å². The molecule has 1 amide bonds. The molecule has 1 atom stereocenters. The number of hydrogen-bond donors (Lipinski definition) is 1. The van der Waals surface area contributed by atoms with E-state index >= 15 is 0 Å². The average Bonchev–Trinajstić information content (AvgIpc) is 2.85. The third-order valence-electron chi connectivity index (χ3n) is 4.84. The van der Waals surface area contributed by atoms with Crippen molar-refractivity contribution in [2.75, 3.05) is 19.8 Å². The van der Waals surface area contributed by atoms with Crippen LogP contribution in [-0.4, -0.2) is 37.7 Å². The number of carbonyl (C=O) groups excluding carboxylic acids is 2. The third-order valence-corrected chi connectivity index (χ3v) is 4.84. The molecule has 0 saturated heterocycles. The number of ether oxygens (including phenoxy) is 4. The fourth-order valence-electron chi connectivity index (χ4n) is 3.15. The van der Waals surface area contributed by atoms with Crippen LogP contribution in [0.25, 0.3) is 0 Å². The van der Waals surface area contributed by atoms with Gasteiger partial charge in [-0.25, -0.2) is 9.18 Å². The quantitative estimate of drug-likeness (QED) is 0.528. The van der Waals surface area contributed by atoms with Crippen molar-refractivity contribution in [1.29, 1.82) is 0 Å². The Hall–Kier alpha value is -4.07. The Balaban J connectivity index is 1.25. The van der Waals surface area contributed by atoms with Gasteiger partial charge in [0.1, 0.15) is 36.4 Å². The molecule has 1 heterocycles. The van der Waals surface area contributed by atoms with Gasteiger partial charge in [0.05, 0.1) is 6.54 Å². The van der Waals surface area contributed by atoms with Crippen LogP contribution in [0, 0.1) is 5.82 Å². The standard InChI is InChI=1S/C25H22FNO6/c26-18-11-9-17(10-12-18)14-30-21-6-2-1-5-20(21)25(29)32-16-24(28)27-13-19-15-31-22-7-3-4-8-23(22)33-19/h1-12,19H,13-16H2,(H,27,28). The molecule has 8 heteroatoms. The number of fused-ring (bicyclic) bond motifs is 1. The number of hydrogen-bond acceptors (Lipinski definition) is 6. The summed E-state index contributed by atoms with van der Waals surface area (Å²) in [7, 11) is 0. The van der Waals surface area contributed by atoms with E-state index in [-0.39, 0.29) is 30.6 Å². The number of para-hydroxylation sites is 3. The minimum absolute atomic E-state index is 0.150. The number of benzene rings is 3. The summed E-state index contributed by atoms with van der Waals surface area (Å²) >= 11 is 0. The maximum atomic E-state index is 13.0. The first-order valence-electron chi connectivity index (χ1n) is 10.4. The van der Waals surface area contributed by atoms with Crippen LogP contribution in [0.15, 0.2) is 72.8 Å². The molecule has 1 aliphatic rings. The number of nitrogens with one attached hydrogen (secondary N) is 1. The van der Waals surface area contributed by atoms with Crippen LogP contribution in [0.5, 0.6) is 17.2 Å². The van der Waals surface area contributed by atoms with E-state index in [0.29, 0.717) is 23.9 Å². The van der Waals surface area contributed by atoms with Crippen LogP contribution in [0.4, 0.5) is 4.39 Å². The van der Waals surface area contributed by atoms with Gasteiger partial charge in [-0.1, -0.05) is 36.4 Å². The lowest BCUT2D eigenvalue weighted by atomic mass is 10.2. The second-order valence-electron chi connectivity index (χ2n) is 7.29. The average molecular weight is 451 g/mol. The van der Waals surface area contributed by atoms with Crippen LogP contribution < -0.4 is 19.5 Å². The molecule has 170 valence electrons. The number of amides is 1. The monoisotopic (exact) mass is 451 g/mol. The maximum Gasteiger partial charge on any atom is 0.342 e. The SMILES string of the molecule is O=C(COC(=O)c1ccccc1OCc1ccc(F)cc1)NCC1COc2ccccc2O1. The largest absolute Gasteiger partial charge is 0.488 e. The predicted octanol–water partition coefficient (Wildman–Crippen LogP) is 3.52. The van der Waals surface area contributed by atoms with Gasteiger partial charge in [-0.2, -0.15) is 0 Å². The van der Waals surface area contributed by atoms with Gasteiger partial charge >= 0.3 is 5.97 Å². The zero-order valence-electron chi connectivity index (χ0n) is 17.7. The van der Waals surface area contributed by atoms with Crippen molar-refractivity contribution in [3.63, 3.8) is 0 Å². The van der Waals surface area contributed by atoms with E-state index in [4.69, 9.17) is 18.9 Å². The molecule has 4 rings (SSSR count). The van der Waals surface area contributed by atoms with E-state index in [1.54, 1.807) is 42.5 Å². The maximum absolute atomic E-state index is 13.0. The van der Waals surface area contributed by atoms with Gasteiger partial charge < -0.3 is 24.3 Å². The molecule has 0 fully saturated rings. The van der Waals surface area contributed by atoms with Gasteiger partial charge in [-0.3, -0.25) is 4.79 Å². The summed E-state index contributed by atoms with van der Waals surface area (Å²) in [5.41, 5.74) is 0.934. The van der Waals surface area contributed by atoms with Crippen LogP contribution in [-0.2, 0) is 16.1 Å². The van der Waals surface area contributed by atoms with Gasteiger partial charge in [-0.05, 0) is 42.0 Å². The van der Waals surface area contributed by atoms with Crippen molar-refractivity contribution in [3.05, 3.63) is 89.7 Å². The van der Waals surface area contributed by atoms with Gasteiger partial charge in [0.15, 0.2) is 18.1 Å². The molecular weight excluding hydrogens is 429 g/mol. The lowest BCUT2D eigenvalue weighted by molar-refractivity contribution is -0.124. The summed E-state index contributed by atoms with van der Waals surface area (Å²) in [5.74, 6) is 0.0922. The lowest BCUT2D eigenvalue weighted by Crippen LogP contribution is -2.42. The van der Waals surface area contributed by atoms with Crippen LogP contribution in [0.2, 0.25) is 0 Å². The van der Waals surface area contributed by atoms with Crippen molar-refractivity contribution in [2.24, 2.45) is 0 Å². The molecule has 3 aromatic carbocycles. The Morgan fingerprint density at radius 3 is 2.52 bits per heavy atom. The van der Waals surface area contributed by atoms with Crippen molar-refractivity contribution in [1.82, 2.24) is 5.32 Å². The first-order chi connectivity index (χ1) is 16.1. The molecule has 1 N–H and O–H groups in total. The number of rotatable bonds is 8. The first-order valence-corrected chi connectivity index (χ1v) is 10.4. The summed E-state index contributed by atoms with van der Waals surface area (Å²) in [6.07, 6.45) is -0.347. The van der Waals surface area contributed by atoms with E-state index in [0.717, 1.165) is 5.56 Å². The highest BCUT2D eigenvalue weighted by Gasteiger charge is 2.21. The normalized spacial score (nSPS) is 14.3. The number of carbonyl (C=O) groups is 2. The van der Waals surface area contributed by atoms with Gasteiger partial charge in [0, 0.05) is 0 Å². The first kappa shape index (κ1) is 22.1. The molecule has 33 heavy (non-hydrogen) atoms. The summed E-state index contributed by atoms with van der Waals surface area (Å²) in [5, 5.41) is 2.67. The summed E-state index contributed by atoms with van der Waals surface area (Å²) in [6.45, 7) is 0.213. The van der Waals surface area contributed by atoms with E-state index in [9.17, 15) is 14.0 Å². The number of halogens is 1. The zero-order valence-corrected chi connectivity index (χ0v) is 17.7. The highest BCUT2D eigenvalue weighted by atomic mass is 19.1. The topological polar surface area (TPSA) is 83.1 Å². The molecule has 1 aliphatic heterocycles. The van der Waals surface area contributed by atoms with Gasteiger partial charge in [0.2, 0.25) is 0 Å². The van der Waals surface area contributed by atoms with Crippen LogP contribution in [0.1, 0.15) is 15.9 Å². The lowest BCUT2D eigenvalue weighted by Gasteiger charge is -2.26. The van der Waals surface area contributed by atoms with Crippen LogP contribution in [0.3, 0.4) is 0 Å². The highest BCUT2D eigenvalue weighted by molar-refractivity contribution is 5.94. The second kappa shape index (κ2) is 10.5. The van der Waals surface area contributed by atoms with Crippen LogP contribution >= 0.6 is 0 Å². The Bertz CT molecular complexity index is 1120. The fraction of sp³-hybridized carbons (Fsp3) is 0.200. The summed E-state index contributed by atoms with van der Waals surface area (Å²) in [4.78, 5) is 24.6. The summed E-state index contributed by atoms with van der Waals surface area (Å²) < 4.78 is 35.3. The molecule has 0 radical (unpaired) electrons. The number of esters is 1. The van der Waals surface area contributed by atoms with E-state index in [2.05, 4.69) is 5.32 Å². The molecule has 0 aromatic heterocycles. The predicted molar refractivity (Wildman–Crippen MR) is 117 cm³/mol. The Kier molecular flexibility index (Phi) is 7.04. The highest BCUT2D eigenvalue weighted by Crippen LogP contribution is 2.30. The van der Waals surface area contributed by atoms with Crippen molar-refractivity contribution in [2.45, 2.75) is 12.7 Å². The minimum Gasteiger partial charge on any atom is -0.488 e. The smallest absolute Gasteiger partial charge is 0.342 e. The fourth-order valence-corrected chi connectivity index (χ4v) is 3.15. The Labute approximate surface area is 190 Å². The van der Waals surface area contributed by atoms with Gasteiger partial charge in [0.25, 0.3) is 5.91 Å². The second-order valence-corrected chi connectivity index (χ2v) is 7.29. The Morgan fingerprint density at radius 2 is 1.70 bits per heavy atom. The van der Waals surface area contributed by atoms with E-state index in [1.807, 2.05) is 18.2 Å². The molecule has 7 nitrogen and oxygen atoms in total. The third kappa shape index (κ3) is 6.00. The molecular formula is C25H22FNO6. The molecule has 1 unspecified atom stereocenters. The minimum atomic E-state index is -0.689. The van der Waals surface area contributed by atoms with E-state index in [1.165, 1.54) is 12.1 Å². The molecule has 0 bridgehead atoms. The molecule has 0 aliphatic carbocycles. The van der Waals surface area contributed by atoms with Gasteiger partial charge in [-0.15, -0.1) is 0 Å². The Morgan fingerprint density at radius 1 is 0.970 bits per heavy atom. The zero-order chi connectivity index (χ0) is 23.0.